The number of hydrogen-bond acceptors (Lipinski definition) is 5. The van der Waals surface area contributed by atoms with Crippen molar-refractivity contribution in [3.05, 3.63) is 0 Å². The number of ether oxygens (including phenoxy) is 3. The number of hydrogen-bond donors (Lipinski definition) is 0. The van der Waals surface area contributed by atoms with Gasteiger partial charge in [0.2, 0.25) is 0 Å². The second kappa shape index (κ2) is 7.39. The van der Waals surface area contributed by atoms with Gasteiger partial charge < -0.3 is 14.2 Å². The van der Waals surface area contributed by atoms with Gasteiger partial charge in [-0.2, -0.15) is 0 Å². The van der Waals surface area contributed by atoms with Gasteiger partial charge >= 0.3 is 5.97 Å². The lowest BCUT2D eigenvalue weighted by molar-refractivity contribution is -0.195. The fraction of sp³-hybridized carbons (Fsp3) is 0.800. The van der Waals surface area contributed by atoms with Gasteiger partial charge in [0.25, 0.3) is 0 Å². The molecule has 0 N–H and O–H groups in total. The molecular weight excluding hydrogens is 159 g/mol. The first-order valence-electron chi connectivity index (χ1n) is 2.77. The molecule has 0 fully saturated rings. The largest absolute Gasteiger partial charge is 0.374 e. The van der Waals surface area contributed by atoms with Crippen LogP contribution in [-0.4, -0.2) is 33.3 Å². The molecule has 66 valence electrons. The summed E-state index contributed by atoms with van der Waals surface area (Å²) in [6, 6.07) is 0. The van der Waals surface area contributed by atoms with Gasteiger partial charge in [0.15, 0.2) is 6.61 Å². The second-order valence-corrected chi connectivity index (χ2v) is 1.53. The maximum Gasteiger partial charge on any atom is 0.374 e. The van der Waals surface area contributed by atoms with E-state index < -0.39 is 12.6 Å². The van der Waals surface area contributed by atoms with Crippen LogP contribution >= 0.6 is 0 Å². The van der Waals surface area contributed by atoms with Crippen molar-refractivity contribution in [2.45, 2.75) is 0 Å². The standard InChI is InChI=1S/C5H9FO5/c1-8-3-10-4-9-2-5(7)11-6/h2-4H2,1H3. The van der Waals surface area contributed by atoms with E-state index in [0.717, 1.165) is 0 Å². The van der Waals surface area contributed by atoms with Crippen molar-refractivity contribution < 1.29 is 28.5 Å². The number of rotatable bonds is 6. The highest BCUT2D eigenvalue weighted by Gasteiger charge is 2.01. The van der Waals surface area contributed by atoms with Gasteiger partial charge in [-0.3, -0.25) is 4.94 Å². The minimum absolute atomic E-state index is 0.0602. The smallest absolute Gasteiger partial charge is 0.359 e. The van der Waals surface area contributed by atoms with Crippen LogP contribution in [0.5, 0.6) is 0 Å². The van der Waals surface area contributed by atoms with Gasteiger partial charge in [-0.1, -0.05) is 0 Å². The summed E-state index contributed by atoms with van der Waals surface area (Å²) in [5.41, 5.74) is 0. The fourth-order valence-electron chi connectivity index (χ4n) is 0.324. The van der Waals surface area contributed by atoms with Crippen LogP contribution in [0, 0.1) is 0 Å². The zero-order valence-electron chi connectivity index (χ0n) is 6.04. The zero-order valence-corrected chi connectivity index (χ0v) is 6.04. The van der Waals surface area contributed by atoms with E-state index in [1.807, 2.05) is 0 Å². The summed E-state index contributed by atoms with van der Waals surface area (Å²) in [5, 5.41) is 0. The number of carbonyl (C=O) groups excluding carboxylic acids is 1. The van der Waals surface area contributed by atoms with Crippen molar-refractivity contribution in [2.24, 2.45) is 0 Å². The molecule has 0 saturated heterocycles. The predicted octanol–water partition coefficient (Wildman–Crippen LogP) is 0.00870. The Labute approximate surface area is 62.9 Å². The molecule has 0 aromatic carbocycles. The highest BCUT2D eigenvalue weighted by Crippen LogP contribution is 1.82. The summed E-state index contributed by atoms with van der Waals surface area (Å²) in [7, 11) is 1.44. The van der Waals surface area contributed by atoms with E-state index in [1.165, 1.54) is 7.11 Å². The lowest BCUT2D eigenvalue weighted by Crippen LogP contribution is -2.11. The highest BCUT2D eigenvalue weighted by molar-refractivity contribution is 5.69. The minimum atomic E-state index is -1.09. The first-order chi connectivity index (χ1) is 5.31. The van der Waals surface area contributed by atoms with E-state index in [2.05, 4.69) is 19.2 Å². The fourth-order valence-corrected chi connectivity index (χ4v) is 0.324. The summed E-state index contributed by atoms with van der Waals surface area (Å²) in [6.07, 6.45) is 0. The molecule has 0 aliphatic rings. The molecule has 0 radical (unpaired) electrons. The first kappa shape index (κ1) is 10.3. The van der Waals surface area contributed by atoms with Crippen molar-refractivity contribution in [2.75, 3.05) is 27.3 Å². The van der Waals surface area contributed by atoms with Gasteiger partial charge in [0, 0.05) is 11.6 Å². The van der Waals surface area contributed by atoms with Crippen LogP contribution in [0.3, 0.4) is 0 Å². The maximum absolute atomic E-state index is 11.0. The Morgan fingerprint density at radius 1 is 1.36 bits per heavy atom. The molecule has 0 amide bonds. The number of halogens is 1. The molecule has 0 unspecified atom stereocenters. The minimum Gasteiger partial charge on any atom is -0.359 e. The SMILES string of the molecule is COCOCOCC(=O)OF. The molecule has 0 saturated carbocycles. The van der Waals surface area contributed by atoms with E-state index >= 15 is 0 Å². The average molecular weight is 168 g/mol. The third-order valence-electron chi connectivity index (χ3n) is 0.674. The molecule has 0 aliphatic heterocycles. The summed E-state index contributed by atoms with van der Waals surface area (Å²) in [6.45, 7) is -0.548. The zero-order chi connectivity index (χ0) is 8.53. The van der Waals surface area contributed by atoms with E-state index in [0.29, 0.717) is 0 Å². The highest BCUT2D eigenvalue weighted by atomic mass is 19.3. The summed E-state index contributed by atoms with van der Waals surface area (Å²) >= 11 is 0. The summed E-state index contributed by atoms with van der Waals surface area (Å²) in [5.74, 6) is -1.09. The second-order valence-electron chi connectivity index (χ2n) is 1.53. The molecular formula is C5H9FO5. The number of methoxy groups -OCH3 is 1. The molecule has 0 spiro atoms. The Morgan fingerprint density at radius 3 is 2.64 bits per heavy atom. The Kier molecular flexibility index (Phi) is 6.90. The van der Waals surface area contributed by atoms with Gasteiger partial charge in [-0.05, 0) is 0 Å². The van der Waals surface area contributed by atoms with Gasteiger partial charge in [0.1, 0.15) is 13.6 Å². The van der Waals surface area contributed by atoms with Crippen LogP contribution in [-0.2, 0) is 23.9 Å². The van der Waals surface area contributed by atoms with Crippen LogP contribution in [0.25, 0.3) is 0 Å². The molecule has 0 aromatic rings. The monoisotopic (exact) mass is 168 g/mol. The van der Waals surface area contributed by atoms with Crippen molar-refractivity contribution in [1.82, 2.24) is 0 Å². The van der Waals surface area contributed by atoms with Crippen molar-refractivity contribution in [1.29, 1.82) is 0 Å². The Balaban J connectivity index is 2.95. The number of carbonyl (C=O) groups is 1. The molecule has 0 heterocycles. The average Bonchev–Trinajstić information content (AvgIpc) is 2.04. The van der Waals surface area contributed by atoms with Gasteiger partial charge in [0.05, 0.1) is 0 Å². The van der Waals surface area contributed by atoms with E-state index in [9.17, 15) is 9.32 Å². The molecule has 0 aliphatic carbocycles. The van der Waals surface area contributed by atoms with E-state index in [4.69, 9.17) is 0 Å². The van der Waals surface area contributed by atoms with Crippen molar-refractivity contribution in [3.8, 4) is 0 Å². The lowest BCUT2D eigenvalue weighted by Gasteiger charge is -2.01. The van der Waals surface area contributed by atoms with E-state index in [-0.39, 0.29) is 13.6 Å². The topological polar surface area (TPSA) is 54.0 Å². The molecule has 6 heteroatoms. The Morgan fingerprint density at radius 2 is 2.09 bits per heavy atom. The summed E-state index contributed by atoms with van der Waals surface area (Å²) in [4.78, 5) is 12.8. The first-order valence-corrected chi connectivity index (χ1v) is 2.77. The molecule has 0 atom stereocenters. The molecule has 5 nitrogen and oxygen atoms in total. The summed E-state index contributed by atoms with van der Waals surface area (Å²) < 4.78 is 24.5. The Bertz CT molecular complexity index is 107. The molecule has 0 rings (SSSR count). The lowest BCUT2D eigenvalue weighted by atomic mass is 10.7. The van der Waals surface area contributed by atoms with Gasteiger partial charge in [-0.25, -0.2) is 4.79 Å². The van der Waals surface area contributed by atoms with Gasteiger partial charge in [-0.15, -0.1) is 0 Å². The maximum atomic E-state index is 11.0. The van der Waals surface area contributed by atoms with Crippen LogP contribution in [0.4, 0.5) is 4.53 Å². The van der Waals surface area contributed by atoms with Crippen molar-refractivity contribution >= 4 is 5.97 Å². The molecule has 0 aromatic heterocycles. The third kappa shape index (κ3) is 7.17. The van der Waals surface area contributed by atoms with Crippen LogP contribution in [0.2, 0.25) is 0 Å². The van der Waals surface area contributed by atoms with Crippen LogP contribution in [0.15, 0.2) is 0 Å². The quantitative estimate of drug-likeness (QED) is 0.413. The van der Waals surface area contributed by atoms with Crippen LogP contribution in [0.1, 0.15) is 0 Å². The molecule has 11 heavy (non-hydrogen) atoms. The normalized spacial score (nSPS) is 9.64. The third-order valence-corrected chi connectivity index (χ3v) is 0.674. The van der Waals surface area contributed by atoms with Crippen LogP contribution < -0.4 is 0 Å². The Hall–Kier alpha value is -0.720. The predicted molar refractivity (Wildman–Crippen MR) is 31.0 cm³/mol. The molecule has 0 bridgehead atoms. The van der Waals surface area contributed by atoms with Crippen molar-refractivity contribution in [3.63, 3.8) is 0 Å². The van der Waals surface area contributed by atoms with E-state index in [1.54, 1.807) is 0 Å².